The summed E-state index contributed by atoms with van der Waals surface area (Å²) in [4.78, 5) is 14.5. The fourth-order valence-electron chi connectivity index (χ4n) is 0.873. The first-order valence-corrected chi connectivity index (χ1v) is 5.11. The lowest BCUT2D eigenvalue weighted by molar-refractivity contribution is -0.136. The summed E-state index contributed by atoms with van der Waals surface area (Å²) in [7, 11) is 0. The Kier molecular flexibility index (Phi) is 3.84. The second-order valence-electron chi connectivity index (χ2n) is 3.07. The molecule has 0 spiro atoms. The standard InChI is InChI=1S/C8H13N3O2S/c1-5(9)3-10-8-11-6(4-14-8)2-7(12)13/h4-5H,2-3,9H2,1H3,(H,10,11)(H,12,13)/t5-/m1/s1. The average Bonchev–Trinajstić information content (AvgIpc) is 2.47. The van der Waals surface area contributed by atoms with Crippen molar-refractivity contribution in [2.75, 3.05) is 11.9 Å². The summed E-state index contributed by atoms with van der Waals surface area (Å²) in [6.45, 7) is 2.53. The molecule has 5 nitrogen and oxygen atoms in total. The molecule has 0 fully saturated rings. The van der Waals surface area contributed by atoms with E-state index in [1.54, 1.807) is 5.38 Å². The normalized spacial score (nSPS) is 12.4. The first kappa shape index (κ1) is 10.9. The molecule has 0 saturated carbocycles. The van der Waals surface area contributed by atoms with Crippen LogP contribution < -0.4 is 11.1 Å². The minimum atomic E-state index is -0.867. The largest absolute Gasteiger partial charge is 0.481 e. The Morgan fingerprint density at radius 3 is 3.14 bits per heavy atom. The second kappa shape index (κ2) is 4.92. The van der Waals surface area contributed by atoms with Crippen LogP contribution in [0.3, 0.4) is 0 Å². The molecular weight excluding hydrogens is 202 g/mol. The van der Waals surface area contributed by atoms with Crippen molar-refractivity contribution in [2.24, 2.45) is 5.73 Å². The maximum absolute atomic E-state index is 10.4. The summed E-state index contributed by atoms with van der Waals surface area (Å²) in [5, 5.41) is 14.0. The van der Waals surface area contributed by atoms with Crippen LogP contribution in [-0.2, 0) is 11.2 Å². The molecular formula is C8H13N3O2S. The number of nitrogens with one attached hydrogen (secondary N) is 1. The fraction of sp³-hybridized carbons (Fsp3) is 0.500. The summed E-state index contributed by atoms with van der Waals surface area (Å²) >= 11 is 1.39. The number of nitrogens with two attached hydrogens (primary N) is 1. The highest BCUT2D eigenvalue weighted by Gasteiger charge is 2.05. The molecule has 4 N–H and O–H groups in total. The lowest BCUT2D eigenvalue weighted by atomic mass is 10.3. The van der Waals surface area contributed by atoms with E-state index in [9.17, 15) is 4.79 Å². The van der Waals surface area contributed by atoms with Gasteiger partial charge < -0.3 is 16.2 Å². The number of anilines is 1. The van der Waals surface area contributed by atoms with E-state index in [0.29, 0.717) is 12.2 Å². The van der Waals surface area contributed by atoms with Crippen LogP contribution in [0.4, 0.5) is 5.13 Å². The molecule has 0 saturated heterocycles. The number of aliphatic carboxylic acids is 1. The number of carbonyl (C=O) groups is 1. The maximum Gasteiger partial charge on any atom is 0.309 e. The molecule has 78 valence electrons. The molecule has 0 aliphatic heterocycles. The van der Waals surface area contributed by atoms with E-state index >= 15 is 0 Å². The van der Waals surface area contributed by atoms with Gasteiger partial charge in [0.25, 0.3) is 0 Å². The minimum absolute atomic E-state index is 0.0314. The Morgan fingerprint density at radius 2 is 2.57 bits per heavy atom. The van der Waals surface area contributed by atoms with Crippen molar-refractivity contribution in [3.05, 3.63) is 11.1 Å². The smallest absolute Gasteiger partial charge is 0.309 e. The molecule has 0 aromatic carbocycles. The van der Waals surface area contributed by atoms with E-state index in [1.165, 1.54) is 11.3 Å². The van der Waals surface area contributed by atoms with Crippen LogP contribution in [0.5, 0.6) is 0 Å². The van der Waals surface area contributed by atoms with Gasteiger partial charge in [0, 0.05) is 18.0 Å². The third-order valence-electron chi connectivity index (χ3n) is 1.46. The zero-order valence-corrected chi connectivity index (χ0v) is 8.67. The Morgan fingerprint density at radius 1 is 1.86 bits per heavy atom. The highest BCUT2D eigenvalue weighted by atomic mass is 32.1. The van der Waals surface area contributed by atoms with Crippen molar-refractivity contribution in [2.45, 2.75) is 19.4 Å². The van der Waals surface area contributed by atoms with Crippen molar-refractivity contribution >= 4 is 22.4 Å². The predicted molar refractivity (Wildman–Crippen MR) is 55.6 cm³/mol. The fourth-order valence-corrected chi connectivity index (χ4v) is 1.59. The van der Waals surface area contributed by atoms with Crippen LogP contribution in [0, 0.1) is 0 Å². The van der Waals surface area contributed by atoms with E-state index in [-0.39, 0.29) is 12.5 Å². The molecule has 0 bridgehead atoms. The molecule has 0 amide bonds. The number of nitrogens with zero attached hydrogens (tertiary/aromatic N) is 1. The zero-order chi connectivity index (χ0) is 10.6. The molecule has 1 rings (SSSR count). The van der Waals surface area contributed by atoms with Crippen molar-refractivity contribution in [3.8, 4) is 0 Å². The Hall–Kier alpha value is -1.14. The quantitative estimate of drug-likeness (QED) is 0.666. The van der Waals surface area contributed by atoms with E-state index in [0.717, 1.165) is 5.13 Å². The van der Waals surface area contributed by atoms with Gasteiger partial charge in [-0.15, -0.1) is 11.3 Å². The highest BCUT2D eigenvalue weighted by molar-refractivity contribution is 7.13. The Bertz CT molecular complexity index is 311. The number of carboxylic acids is 1. The van der Waals surface area contributed by atoms with Gasteiger partial charge in [-0.25, -0.2) is 4.98 Å². The SMILES string of the molecule is C[C@@H](N)CNc1nc(CC(=O)O)cs1. The van der Waals surface area contributed by atoms with Crippen molar-refractivity contribution in [1.82, 2.24) is 4.98 Å². The molecule has 6 heteroatoms. The summed E-state index contributed by atoms with van der Waals surface area (Å²) in [5.74, 6) is -0.867. The van der Waals surface area contributed by atoms with Gasteiger partial charge in [0.2, 0.25) is 0 Å². The molecule has 0 aliphatic rings. The Labute approximate surface area is 86.0 Å². The number of rotatable bonds is 5. The molecule has 1 aromatic rings. The summed E-state index contributed by atoms with van der Waals surface area (Å²) in [6, 6.07) is 0.0572. The molecule has 0 unspecified atom stereocenters. The van der Waals surface area contributed by atoms with Gasteiger partial charge >= 0.3 is 5.97 Å². The highest BCUT2D eigenvalue weighted by Crippen LogP contribution is 2.15. The number of aromatic nitrogens is 1. The van der Waals surface area contributed by atoms with Gasteiger partial charge in [0.05, 0.1) is 12.1 Å². The molecule has 1 atom stereocenters. The number of carboxylic acid groups (broad SMARTS) is 1. The van der Waals surface area contributed by atoms with E-state index in [2.05, 4.69) is 10.3 Å². The lowest BCUT2D eigenvalue weighted by Crippen LogP contribution is -2.25. The van der Waals surface area contributed by atoms with Crippen LogP contribution >= 0.6 is 11.3 Å². The van der Waals surface area contributed by atoms with Crippen LogP contribution in [0.15, 0.2) is 5.38 Å². The first-order chi connectivity index (χ1) is 6.58. The molecule has 1 heterocycles. The van der Waals surface area contributed by atoms with Gasteiger partial charge in [0.15, 0.2) is 5.13 Å². The Balaban J connectivity index is 2.46. The van der Waals surface area contributed by atoms with Crippen LogP contribution in [-0.4, -0.2) is 28.6 Å². The monoisotopic (exact) mass is 215 g/mol. The van der Waals surface area contributed by atoms with Gasteiger partial charge in [-0.1, -0.05) is 0 Å². The van der Waals surface area contributed by atoms with Crippen LogP contribution in [0.2, 0.25) is 0 Å². The molecule has 0 radical (unpaired) electrons. The summed E-state index contributed by atoms with van der Waals surface area (Å²) in [5.41, 5.74) is 6.13. The van der Waals surface area contributed by atoms with Crippen LogP contribution in [0.25, 0.3) is 0 Å². The van der Waals surface area contributed by atoms with Crippen molar-refractivity contribution in [3.63, 3.8) is 0 Å². The molecule has 14 heavy (non-hydrogen) atoms. The maximum atomic E-state index is 10.4. The van der Waals surface area contributed by atoms with Gasteiger partial charge in [-0.05, 0) is 6.92 Å². The average molecular weight is 215 g/mol. The number of thiazole rings is 1. The molecule has 0 aliphatic carbocycles. The second-order valence-corrected chi connectivity index (χ2v) is 3.93. The first-order valence-electron chi connectivity index (χ1n) is 4.23. The van der Waals surface area contributed by atoms with Gasteiger partial charge in [-0.2, -0.15) is 0 Å². The van der Waals surface area contributed by atoms with E-state index in [1.807, 2.05) is 6.92 Å². The lowest BCUT2D eigenvalue weighted by Gasteiger charge is -2.04. The topological polar surface area (TPSA) is 88.2 Å². The minimum Gasteiger partial charge on any atom is -0.481 e. The predicted octanol–water partition coefficient (Wildman–Crippen LogP) is 0.529. The van der Waals surface area contributed by atoms with Crippen LogP contribution in [0.1, 0.15) is 12.6 Å². The number of hydrogen-bond acceptors (Lipinski definition) is 5. The third-order valence-corrected chi connectivity index (χ3v) is 2.31. The zero-order valence-electron chi connectivity index (χ0n) is 7.86. The van der Waals surface area contributed by atoms with Gasteiger partial charge in [0.1, 0.15) is 0 Å². The number of hydrogen-bond donors (Lipinski definition) is 3. The van der Waals surface area contributed by atoms with Crippen molar-refractivity contribution in [1.29, 1.82) is 0 Å². The summed E-state index contributed by atoms with van der Waals surface area (Å²) in [6.07, 6.45) is -0.0314. The van der Waals surface area contributed by atoms with Crippen molar-refractivity contribution < 1.29 is 9.90 Å². The van der Waals surface area contributed by atoms with Gasteiger partial charge in [-0.3, -0.25) is 4.79 Å². The van der Waals surface area contributed by atoms with E-state index in [4.69, 9.17) is 10.8 Å². The van der Waals surface area contributed by atoms with E-state index < -0.39 is 5.97 Å². The molecule has 1 aromatic heterocycles. The third kappa shape index (κ3) is 3.71. The summed E-state index contributed by atoms with van der Waals surface area (Å²) < 4.78 is 0.